The van der Waals surface area contributed by atoms with Crippen molar-refractivity contribution in [2.45, 2.75) is 69.5 Å². The predicted molar refractivity (Wildman–Crippen MR) is 111 cm³/mol. The normalized spacial score (nSPS) is 16.1. The summed E-state index contributed by atoms with van der Waals surface area (Å²) in [5.74, 6) is 0. The average Bonchev–Trinajstić information content (AvgIpc) is 2.97. The average molecular weight is 400 g/mol. The maximum Gasteiger partial charge on any atom is 0.240 e. The molecule has 1 aliphatic heterocycles. The van der Waals surface area contributed by atoms with Crippen LogP contribution in [0.5, 0.6) is 0 Å². The van der Waals surface area contributed by atoms with Gasteiger partial charge in [0.05, 0.1) is 15.6 Å². The molecule has 0 saturated heterocycles. The van der Waals surface area contributed by atoms with Crippen LogP contribution in [-0.4, -0.2) is 20.1 Å². The molecule has 6 heteroatoms. The van der Waals surface area contributed by atoms with E-state index in [4.69, 9.17) is 9.98 Å². The molecule has 0 fully saturated rings. The molecule has 0 aromatic heterocycles. The number of hydrogen-bond acceptors (Lipinski definition) is 4. The van der Waals surface area contributed by atoms with Gasteiger partial charge >= 0.3 is 0 Å². The Balaban J connectivity index is 1.67. The largest absolute Gasteiger partial charge is 0.253 e. The van der Waals surface area contributed by atoms with Crippen LogP contribution in [-0.2, 0) is 16.4 Å². The number of nitrogens with zero attached hydrogens (tertiary/aromatic N) is 2. The zero-order valence-electron chi connectivity index (χ0n) is 16.9. The van der Waals surface area contributed by atoms with E-state index in [2.05, 4.69) is 11.6 Å². The molecule has 0 radical (unpaired) electrons. The van der Waals surface area contributed by atoms with Crippen molar-refractivity contribution in [2.75, 3.05) is 0 Å². The summed E-state index contributed by atoms with van der Waals surface area (Å²) in [4.78, 5) is 9.75. The first-order chi connectivity index (χ1) is 13.3. The highest BCUT2D eigenvalue weighted by Gasteiger charge is 2.26. The molecule has 0 aliphatic carbocycles. The van der Waals surface area contributed by atoms with Crippen molar-refractivity contribution in [3.05, 3.63) is 64.8 Å². The third kappa shape index (κ3) is 5.06. The lowest BCUT2D eigenvalue weighted by molar-refractivity contribution is 0.490. The summed E-state index contributed by atoms with van der Waals surface area (Å²) < 4.78 is 28.0. The molecule has 0 spiro atoms. The molecule has 0 bridgehead atoms. The Morgan fingerprint density at radius 3 is 2.18 bits per heavy atom. The molecule has 1 heterocycles. The summed E-state index contributed by atoms with van der Waals surface area (Å²) in [7, 11) is -3.50. The van der Waals surface area contributed by atoms with E-state index in [1.54, 1.807) is 12.1 Å². The molecule has 1 atom stereocenters. The van der Waals surface area contributed by atoms with Gasteiger partial charge in [0.2, 0.25) is 10.0 Å². The second-order valence-corrected chi connectivity index (χ2v) is 9.48. The van der Waals surface area contributed by atoms with Crippen LogP contribution >= 0.6 is 0 Å². The lowest BCUT2D eigenvalue weighted by Gasteiger charge is -2.18. The number of hydrogen-bond donors (Lipinski definition) is 1. The van der Waals surface area contributed by atoms with Gasteiger partial charge in [0.1, 0.15) is 0 Å². The van der Waals surface area contributed by atoms with Crippen LogP contribution in [0.2, 0.25) is 0 Å². The molecule has 3 rings (SSSR count). The number of fused-ring (bicyclic) bond motifs is 1. The first-order valence-electron chi connectivity index (χ1n) is 9.97. The molecule has 2 aromatic rings. The van der Waals surface area contributed by atoms with Crippen molar-refractivity contribution in [1.82, 2.24) is 4.72 Å². The van der Waals surface area contributed by atoms with E-state index in [0.717, 1.165) is 42.0 Å². The molecule has 1 N–H and O–H groups in total. The Bertz CT molecular complexity index is 995. The van der Waals surface area contributed by atoms with Crippen LogP contribution < -0.4 is 15.4 Å². The highest BCUT2D eigenvalue weighted by Crippen LogP contribution is 2.21. The van der Waals surface area contributed by atoms with Crippen LogP contribution in [0.3, 0.4) is 0 Å². The number of nitrogens with one attached hydrogen (secondary N) is 1. The summed E-state index contributed by atoms with van der Waals surface area (Å²) in [6, 6.07) is 14.8. The number of rotatable bonds is 9. The zero-order chi connectivity index (χ0) is 20.2. The molecule has 0 saturated carbocycles. The van der Waals surface area contributed by atoms with Crippen molar-refractivity contribution in [3.63, 3.8) is 0 Å². The first kappa shape index (κ1) is 20.7. The van der Waals surface area contributed by atoms with Gasteiger partial charge in [0, 0.05) is 12.5 Å². The fourth-order valence-electron chi connectivity index (χ4n) is 3.54. The second-order valence-electron chi connectivity index (χ2n) is 7.77. The van der Waals surface area contributed by atoms with Crippen LogP contribution in [0, 0.1) is 0 Å². The number of unbranched alkanes of at least 4 members (excludes halogenated alkanes) is 2. The van der Waals surface area contributed by atoms with Gasteiger partial charge < -0.3 is 0 Å². The summed E-state index contributed by atoms with van der Waals surface area (Å²) in [6.07, 6.45) is 4.77. The van der Waals surface area contributed by atoms with E-state index in [9.17, 15) is 8.42 Å². The molecular formula is C22H29N3O2S. The topological polar surface area (TPSA) is 70.9 Å². The number of benzene rings is 2. The fourth-order valence-corrected chi connectivity index (χ4v) is 4.82. The van der Waals surface area contributed by atoms with Crippen molar-refractivity contribution >= 4 is 10.0 Å². The minimum Gasteiger partial charge on any atom is -0.253 e. The molecule has 150 valence electrons. The van der Waals surface area contributed by atoms with Gasteiger partial charge in [-0.15, -0.1) is 0 Å². The van der Waals surface area contributed by atoms with Gasteiger partial charge in [0.15, 0.2) is 5.66 Å². The lowest BCUT2D eigenvalue weighted by atomic mass is 10.0. The lowest BCUT2D eigenvalue weighted by Crippen LogP contribution is -2.32. The van der Waals surface area contributed by atoms with Crippen molar-refractivity contribution in [2.24, 2.45) is 9.98 Å². The van der Waals surface area contributed by atoms with Crippen LogP contribution in [0.1, 0.15) is 52.0 Å². The van der Waals surface area contributed by atoms with Gasteiger partial charge in [-0.2, -0.15) is 0 Å². The summed E-state index contributed by atoms with van der Waals surface area (Å²) in [6.45, 7) is 6.06. The van der Waals surface area contributed by atoms with Gasteiger partial charge in [0.25, 0.3) is 0 Å². The third-order valence-corrected chi connectivity index (χ3v) is 6.58. The highest BCUT2D eigenvalue weighted by atomic mass is 32.2. The Morgan fingerprint density at radius 2 is 1.61 bits per heavy atom. The van der Waals surface area contributed by atoms with Crippen LogP contribution in [0.4, 0.5) is 0 Å². The molecule has 1 unspecified atom stereocenters. The quantitative estimate of drug-likeness (QED) is 0.658. The van der Waals surface area contributed by atoms with E-state index in [-0.39, 0.29) is 6.04 Å². The molecule has 0 amide bonds. The first-order valence-corrected chi connectivity index (χ1v) is 11.5. The molecule has 2 aromatic carbocycles. The number of sulfonamides is 1. The maximum absolute atomic E-state index is 12.6. The van der Waals surface area contributed by atoms with E-state index in [1.807, 2.05) is 50.2 Å². The van der Waals surface area contributed by atoms with E-state index in [0.29, 0.717) is 11.3 Å². The minimum absolute atomic E-state index is 0.0651. The van der Waals surface area contributed by atoms with Gasteiger partial charge in [-0.3, -0.25) is 9.98 Å². The van der Waals surface area contributed by atoms with Gasteiger partial charge in [-0.05, 0) is 50.1 Å². The Morgan fingerprint density at radius 1 is 1.00 bits per heavy atom. The zero-order valence-corrected chi connectivity index (χ0v) is 17.7. The SMILES string of the molecule is CCCCCC(C)NS(=O)(=O)c1ccc(CC2(C)N=c3ccccc3=N2)cc1. The van der Waals surface area contributed by atoms with Crippen molar-refractivity contribution in [1.29, 1.82) is 0 Å². The molecule has 5 nitrogen and oxygen atoms in total. The Labute approximate surface area is 167 Å². The van der Waals surface area contributed by atoms with E-state index >= 15 is 0 Å². The maximum atomic E-state index is 12.6. The molecule has 1 aliphatic rings. The summed E-state index contributed by atoms with van der Waals surface area (Å²) >= 11 is 0. The van der Waals surface area contributed by atoms with Crippen LogP contribution in [0.15, 0.2) is 63.4 Å². The Hall–Kier alpha value is -2.05. The fraction of sp³-hybridized carbons (Fsp3) is 0.455. The Kier molecular flexibility index (Phi) is 6.30. The summed E-state index contributed by atoms with van der Waals surface area (Å²) in [5, 5.41) is 1.82. The predicted octanol–water partition coefficient (Wildman–Crippen LogP) is 3.15. The van der Waals surface area contributed by atoms with Crippen molar-refractivity contribution < 1.29 is 8.42 Å². The third-order valence-electron chi connectivity index (χ3n) is 4.97. The van der Waals surface area contributed by atoms with Gasteiger partial charge in [-0.25, -0.2) is 13.1 Å². The van der Waals surface area contributed by atoms with Gasteiger partial charge in [-0.1, -0.05) is 50.5 Å². The number of para-hydroxylation sites is 2. The smallest absolute Gasteiger partial charge is 0.240 e. The second kappa shape index (κ2) is 8.53. The van der Waals surface area contributed by atoms with E-state index < -0.39 is 15.7 Å². The molecular weight excluding hydrogens is 370 g/mol. The standard InChI is InChI=1S/C22H29N3O2S/c1-4-5-6-9-17(2)25-28(26,27)19-14-12-18(13-15-19)16-22(3)23-20-10-7-8-11-21(20)24-22/h7-8,10-15,17,25H,4-6,9,16H2,1-3H3. The highest BCUT2D eigenvalue weighted by molar-refractivity contribution is 7.89. The van der Waals surface area contributed by atoms with Crippen molar-refractivity contribution in [3.8, 4) is 0 Å². The monoisotopic (exact) mass is 399 g/mol. The van der Waals surface area contributed by atoms with E-state index in [1.165, 1.54) is 0 Å². The molecule has 28 heavy (non-hydrogen) atoms. The van der Waals surface area contributed by atoms with Crippen LogP contribution in [0.25, 0.3) is 0 Å². The minimum atomic E-state index is -3.50. The summed E-state index contributed by atoms with van der Waals surface area (Å²) in [5.41, 5.74) is 0.466.